The lowest BCUT2D eigenvalue weighted by Gasteiger charge is -2.09. The van der Waals surface area contributed by atoms with Gasteiger partial charge in [0.2, 0.25) is 0 Å². The van der Waals surface area contributed by atoms with Crippen LogP contribution in [0.4, 0.5) is 5.69 Å². The van der Waals surface area contributed by atoms with Crippen molar-refractivity contribution < 1.29 is 14.3 Å². The number of amides is 1. The fourth-order valence-corrected chi connectivity index (χ4v) is 1.68. The highest BCUT2D eigenvalue weighted by Gasteiger charge is 2.02. The van der Waals surface area contributed by atoms with Gasteiger partial charge in [0.15, 0.2) is 6.61 Å². The average Bonchev–Trinajstić information content (AvgIpc) is 2.51. The fourth-order valence-electron chi connectivity index (χ4n) is 1.68. The summed E-state index contributed by atoms with van der Waals surface area (Å²) >= 11 is 0. The van der Waals surface area contributed by atoms with Crippen molar-refractivity contribution in [2.45, 2.75) is 0 Å². The van der Waals surface area contributed by atoms with E-state index in [1.165, 1.54) is 0 Å². The van der Waals surface area contributed by atoms with Crippen molar-refractivity contribution in [1.29, 1.82) is 0 Å². The molecule has 0 aliphatic carbocycles. The Kier molecular flexibility index (Phi) is 5.46. The maximum atomic E-state index is 11.6. The fraction of sp³-hybridized carbons (Fsp3) is 0.188. The zero-order valence-electron chi connectivity index (χ0n) is 11.6. The standard InChI is InChI=1S/C16H18N2O3/c17-13-5-4-8-15(11-13)21-12-16(19)18-9-10-20-14-6-2-1-3-7-14/h1-8,11H,9-10,12,17H2,(H,18,19). The first-order chi connectivity index (χ1) is 10.2. The lowest BCUT2D eigenvalue weighted by Crippen LogP contribution is -2.32. The monoisotopic (exact) mass is 286 g/mol. The first-order valence-corrected chi connectivity index (χ1v) is 6.67. The molecule has 1 amide bonds. The maximum absolute atomic E-state index is 11.6. The molecule has 21 heavy (non-hydrogen) atoms. The summed E-state index contributed by atoms with van der Waals surface area (Å²) in [5.41, 5.74) is 6.22. The number of ether oxygens (including phenoxy) is 2. The van der Waals surface area contributed by atoms with Gasteiger partial charge in [-0.2, -0.15) is 0 Å². The molecule has 0 bridgehead atoms. The number of anilines is 1. The van der Waals surface area contributed by atoms with Gasteiger partial charge in [-0.15, -0.1) is 0 Å². The maximum Gasteiger partial charge on any atom is 0.258 e. The number of carbonyl (C=O) groups is 1. The molecule has 0 radical (unpaired) electrons. The summed E-state index contributed by atoms with van der Waals surface area (Å²) in [6.45, 7) is 0.789. The van der Waals surface area contributed by atoms with E-state index in [0.29, 0.717) is 24.6 Å². The molecule has 2 rings (SSSR count). The molecule has 0 aliphatic rings. The zero-order chi connectivity index (χ0) is 14.9. The van der Waals surface area contributed by atoms with Gasteiger partial charge in [0, 0.05) is 11.8 Å². The van der Waals surface area contributed by atoms with E-state index in [1.54, 1.807) is 24.3 Å². The highest BCUT2D eigenvalue weighted by Crippen LogP contribution is 2.13. The molecule has 110 valence electrons. The van der Waals surface area contributed by atoms with Crippen LogP contribution in [0, 0.1) is 0 Å². The average molecular weight is 286 g/mol. The molecule has 5 heteroatoms. The molecule has 0 heterocycles. The zero-order valence-corrected chi connectivity index (χ0v) is 11.6. The molecular formula is C16H18N2O3. The number of hydrogen-bond acceptors (Lipinski definition) is 4. The Bertz CT molecular complexity index is 573. The first-order valence-electron chi connectivity index (χ1n) is 6.67. The van der Waals surface area contributed by atoms with Gasteiger partial charge in [0.25, 0.3) is 5.91 Å². The van der Waals surface area contributed by atoms with Crippen molar-refractivity contribution in [3.05, 3.63) is 54.6 Å². The van der Waals surface area contributed by atoms with Gasteiger partial charge in [0.05, 0.1) is 6.54 Å². The minimum Gasteiger partial charge on any atom is -0.492 e. The largest absolute Gasteiger partial charge is 0.492 e. The molecule has 2 aromatic carbocycles. The van der Waals surface area contributed by atoms with E-state index in [2.05, 4.69) is 5.32 Å². The van der Waals surface area contributed by atoms with Crippen LogP contribution >= 0.6 is 0 Å². The third-order valence-electron chi connectivity index (χ3n) is 2.66. The molecule has 0 atom stereocenters. The van der Waals surface area contributed by atoms with E-state index in [9.17, 15) is 4.79 Å². The Hall–Kier alpha value is -2.69. The van der Waals surface area contributed by atoms with Crippen molar-refractivity contribution in [2.75, 3.05) is 25.5 Å². The van der Waals surface area contributed by atoms with Crippen molar-refractivity contribution >= 4 is 11.6 Å². The predicted octanol–water partition coefficient (Wildman–Crippen LogP) is 1.84. The summed E-state index contributed by atoms with van der Waals surface area (Å²) in [6, 6.07) is 16.4. The Morgan fingerprint density at radius 1 is 1.00 bits per heavy atom. The third-order valence-corrected chi connectivity index (χ3v) is 2.66. The predicted molar refractivity (Wildman–Crippen MR) is 81.3 cm³/mol. The molecule has 0 aliphatic heterocycles. The van der Waals surface area contributed by atoms with E-state index in [1.807, 2.05) is 30.3 Å². The second-order valence-electron chi connectivity index (χ2n) is 4.37. The Balaban J connectivity index is 1.62. The molecule has 2 aromatic rings. The van der Waals surface area contributed by atoms with Gasteiger partial charge >= 0.3 is 0 Å². The van der Waals surface area contributed by atoms with Crippen LogP contribution in [0.2, 0.25) is 0 Å². The highest BCUT2D eigenvalue weighted by atomic mass is 16.5. The number of para-hydroxylation sites is 1. The number of benzene rings is 2. The van der Waals surface area contributed by atoms with E-state index >= 15 is 0 Å². The molecule has 0 spiro atoms. The van der Waals surface area contributed by atoms with E-state index in [-0.39, 0.29) is 12.5 Å². The molecule has 3 N–H and O–H groups in total. The summed E-state index contributed by atoms with van der Waals surface area (Å²) in [4.78, 5) is 11.6. The van der Waals surface area contributed by atoms with E-state index in [0.717, 1.165) is 5.75 Å². The number of hydrogen-bond donors (Lipinski definition) is 2. The number of rotatable bonds is 7. The van der Waals surface area contributed by atoms with Crippen LogP contribution in [0.1, 0.15) is 0 Å². The quantitative estimate of drug-likeness (QED) is 0.601. The summed E-state index contributed by atoms with van der Waals surface area (Å²) in [5, 5.41) is 2.72. The van der Waals surface area contributed by atoms with Gasteiger partial charge in [-0.25, -0.2) is 0 Å². The van der Waals surface area contributed by atoms with Gasteiger partial charge < -0.3 is 20.5 Å². The summed E-state index contributed by atoms with van der Waals surface area (Å²) in [7, 11) is 0. The Labute approximate surface area is 123 Å². The minimum absolute atomic E-state index is 0.0468. The highest BCUT2D eigenvalue weighted by molar-refractivity contribution is 5.77. The molecule has 5 nitrogen and oxygen atoms in total. The van der Waals surface area contributed by atoms with Crippen LogP contribution in [0.5, 0.6) is 11.5 Å². The van der Waals surface area contributed by atoms with E-state index in [4.69, 9.17) is 15.2 Å². The SMILES string of the molecule is Nc1cccc(OCC(=O)NCCOc2ccccc2)c1. The van der Waals surface area contributed by atoms with Crippen LogP contribution in [-0.2, 0) is 4.79 Å². The topological polar surface area (TPSA) is 73.6 Å². The molecule has 0 aromatic heterocycles. The van der Waals surface area contributed by atoms with E-state index < -0.39 is 0 Å². The Morgan fingerprint density at radius 3 is 2.52 bits per heavy atom. The lowest BCUT2D eigenvalue weighted by molar-refractivity contribution is -0.123. The van der Waals surface area contributed by atoms with Crippen LogP contribution in [0.25, 0.3) is 0 Å². The van der Waals surface area contributed by atoms with Gasteiger partial charge in [-0.1, -0.05) is 24.3 Å². The number of nitrogens with two attached hydrogens (primary N) is 1. The number of nitrogen functional groups attached to an aromatic ring is 1. The first kappa shape index (κ1) is 14.7. The second-order valence-corrected chi connectivity index (χ2v) is 4.37. The van der Waals surface area contributed by atoms with Crippen LogP contribution in [0.3, 0.4) is 0 Å². The van der Waals surface area contributed by atoms with Crippen LogP contribution in [-0.4, -0.2) is 25.7 Å². The molecular weight excluding hydrogens is 268 g/mol. The number of carbonyl (C=O) groups excluding carboxylic acids is 1. The minimum atomic E-state index is -0.200. The van der Waals surface area contributed by atoms with Gasteiger partial charge in [-0.05, 0) is 24.3 Å². The van der Waals surface area contributed by atoms with Crippen molar-refractivity contribution in [2.24, 2.45) is 0 Å². The molecule has 0 saturated heterocycles. The normalized spacial score (nSPS) is 9.90. The van der Waals surface area contributed by atoms with Crippen molar-refractivity contribution in [3.63, 3.8) is 0 Å². The van der Waals surface area contributed by atoms with Gasteiger partial charge in [-0.3, -0.25) is 4.79 Å². The summed E-state index contributed by atoms with van der Waals surface area (Å²) < 4.78 is 10.8. The van der Waals surface area contributed by atoms with Crippen LogP contribution < -0.4 is 20.5 Å². The smallest absolute Gasteiger partial charge is 0.258 e. The van der Waals surface area contributed by atoms with Crippen LogP contribution in [0.15, 0.2) is 54.6 Å². The Morgan fingerprint density at radius 2 is 1.76 bits per heavy atom. The molecule has 0 saturated carbocycles. The van der Waals surface area contributed by atoms with Crippen molar-refractivity contribution in [1.82, 2.24) is 5.32 Å². The summed E-state index contributed by atoms with van der Waals surface area (Å²) in [6.07, 6.45) is 0. The van der Waals surface area contributed by atoms with Gasteiger partial charge in [0.1, 0.15) is 18.1 Å². The molecule has 0 fully saturated rings. The summed E-state index contributed by atoms with van der Waals surface area (Å²) in [5.74, 6) is 1.16. The third kappa shape index (κ3) is 5.44. The molecule has 0 unspecified atom stereocenters. The second kappa shape index (κ2) is 7.79. The lowest BCUT2D eigenvalue weighted by atomic mass is 10.3. The van der Waals surface area contributed by atoms with Crippen molar-refractivity contribution in [3.8, 4) is 11.5 Å². The number of nitrogens with one attached hydrogen (secondary N) is 1.